The summed E-state index contributed by atoms with van der Waals surface area (Å²) >= 11 is 0. The molecule has 0 radical (unpaired) electrons. The highest BCUT2D eigenvalue weighted by atomic mass is 16.5. The van der Waals surface area contributed by atoms with Crippen molar-refractivity contribution in [3.8, 4) is 5.75 Å². The maximum atomic E-state index is 6.11. The van der Waals surface area contributed by atoms with E-state index in [9.17, 15) is 0 Å². The number of hydrogen-bond acceptors (Lipinski definition) is 2. The highest BCUT2D eigenvalue weighted by Crippen LogP contribution is 2.33. The molecule has 0 spiro atoms. The molecule has 0 saturated heterocycles. The van der Waals surface area contributed by atoms with E-state index in [1.807, 2.05) is 6.07 Å². The second-order valence-electron chi connectivity index (χ2n) is 5.35. The smallest absolute Gasteiger partial charge is 0.119 e. The Hall–Kier alpha value is -1.02. The molecular weight excluding hydrogens is 210 g/mol. The van der Waals surface area contributed by atoms with Crippen LogP contribution >= 0.6 is 0 Å². The van der Waals surface area contributed by atoms with Crippen LogP contribution in [0.2, 0.25) is 0 Å². The molecule has 1 aliphatic rings. The zero-order chi connectivity index (χ0) is 12.3. The van der Waals surface area contributed by atoms with Crippen molar-refractivity contribution in [3.05, 3.63) is 29.8 Å². The predicted molar refractivity (Wildman–Crippen MR) is 71.2 cm³/mol. The summed E-state index contributed by atoms with van der Waals surface area (Å²) in [6, 6.07) is 8.77. The van der Waals surface area contributed by atoms with E-state index in [-0.39, 0.29) is 6.10 Å². The van der Waals surface area contributed by atoms with Crippen molar-refractivity contribution < 1.29 is 4.74 Å². The van der Waals surface area contributed by atoms with Gasteiger partial charge in [-0.2, -0.15) is 0 Å². The van der Waals surface area contributed by atoms with Crippen molar-refractivity contribution >= 4 is 0 Å². The Morgan fingerprint density at radius 1 is 1.35 bits per heavy atom. The van der Waals surface area contributed by atoms with Crippen molar-refractivity contribution in [2.45, 2.75) is 51.7 Å². The van der Waals surface area contributed by atoms with Gasteiger partial charge in [-0.1, -0.05) is 12.1 Å². The Balaban J connectivity index is 1.86. The molecule has 2 nitrogen and oxygen atoms in total. The van der Waals surface area contributed by atoms with Gasteiger partial charge in [0, 0.05) is 6.04 Å². The van der Waals surface area contributed by atoms with Crippen LogP contribution in [0.3, 0.4) is 0 Å². The van der Waals surface area contributed by atoms with Crippen LogP contribution in [0.15, 0.2) is 24.3 Å². The predicted octanol–water partition coefficient (Wildman–Crippen LogP) is 3.14. The number of benzene rings is 1. The summed E-state index contributed by atoms with van der Waals surface area (Å²) in [5.41, 5.74) is 7.45. The van der Waals surface area contributed by atoms with Crippen molar-refractivity contribution in [1.29, 1.82) is 0 Å². The fourth-order valence-corrected chi connectivity index (χ4v) is 2.14. The van der Waals surface area contributed by atoms with Gasteiger partial charge < -0.3 is 10.5 Å². The third-order valence-electron chi connectivity index (χ3n) is 3.26. The summed E-state index contributed by atoms with van der Waals surface area (Å²) < 4.78 is 5.69. The zero-order valence-electron chi connectivity index (χ0n) is 10.9. The zero-order valence-corrected chi connectivity index (χ0v) is 10.9. The monoisotopic (exact) mass is 233 g/mol. The second-order valence-corrected chi connectivity index (χ2v) is 5.35. The van der Waals surface area contributed by atoms with Crippen LogP contribution in [-0.2, 0) is 6.42 Å². The fourth-order valence-electron chi connectivity index (χ4n) is 2.14. The lowest BCUT2D eigenvalue weighted by Gasteiger charge is -2.12. The minimum atomic E-state index is 0.235. The van der Waals surface area contributed by atoms with Crippen LogP contribution in [0.5, 0.6) is 5.75 Å². The molecule has 0 aliphatic heterocycles. The molecule has 0 heterocycles. The molecule has 1 unspecified atom stereocenters. The average molecular weight is 233 g/mol. The lowest BCUT2D eigenvalue weighted by atomic mass is 10.0. The van der Waals surface area contributed by atoms with Crippen LogP contribution in [0.25, 0.3) is 0 Å². The number of rotatable bonds is 6. The first kappa shape index (κ1) is 12.4. The first-order chi connectivity index (χ1) is 8.15. The quantitative estimate of drug-likeness (QED) is 0.819. The Morgan fingerprint density at radius 2 is 2.12 bits per heavy atom. The van der Waals surface area contributed by atoms with E-state index < -0.39 is 0 Å². The van der Waals surface area contributed by atoms with Gasteiger partial charge in [-0.25, -0.2) is 0 Å². The molecule has 1 aromatic rings. The third-order valence-corrected chi connectivity index (χ3v) is 3.26. The largest absolute Gasteiger partial charge is 0.491 e. The van der Waals surface area contributed by atoms with Crippen molar-refractivity contribution in [2.75, 3.05) is 0 Å². The number of hydrogen-bond donors (Lipinski definition) is 1. The molecular formula is C15H23NO. The minimum Gasteiger partial charge on any atom is -0.491 e. The fraction of sp³-hybridized carbons (Fsp3) is 0.600. The van der Waals surface area contributed by atoms with E-state index in [2.05, 4.69) is 32.0 Å². The van der Waals surface area contributed by atoms with Crippen LogP contribution in [-0.4, -0.2) is 12.1 Å². The molecule has 1 fully saturated rings. The summed E-state index contributed by atoms with van der Waals surface area (Å²) in [5, 5.41) is 0. The molecule has 1 aromatic carbocycles. The summed E-state index contributed by atoms with van der Waals surface area (Å²) in [4.78, 5) is 0. The Kier molecular flexibility index (Phi) is 4.06. The van der Waals surface area contributed by atoms with Crippen molar-refractivity contribution in [1.82, 2.24) is 0 Å². The number of ether oxygens (including phenoxy) is 1. The molecule has 0 amide bonds. The molecule has 94 valence electrons. The van der Waals surface area contributed by atoms with Crippen LogP contribution in [0.1, 0.15) is 38.7 Å². The molecule has 2 N–H and O–H groups in total. The second kappa shape index (κ2) is 5.54. The van der Waals surface area contributed by atoms with E-state index in [4.69, 9.17) is 10.5 Å². The molecule has 1 saturated carbocycles. The van der Waals surface area contributed by atoms with Gasteiger partial charge >= 0.3 is 0 Å². The maximum Gasteiger partial charge on any atom is 0.119 e. The molecule has 2 rings (SSSR count). The Morgan fingerprint density at radius 3 is 2.76 bits per heavy atom. The highest BCUT2D eigenvalue weighted by Gasteiger charge is 2.27. The van der Waals surface area contributed by atoms with Crippen molar-refractivity contribution in [2.24, 2.45) is 11.7 Å². The standard InChI is InChI=1S/C15H23NO/c1-11(2)17-14-5-3-4-12(10-14)6-9-15(16)13-7-8-13/h3-5,10-11,13,15H,6-9,16H2,1-2H3. The van der Waals surface area contributed by atoms with Gasteiger partial charge in [-0.15, -0.1) is 0 Å². The van der Waals surface area contributed by atoms with Crippen LogP contribution in [0, 0.1) is 5.92 Å². The van der Waals surface area contributed by atoms with Gasteiger partial charge in [-0.05, 0) is 63.1 Å². The molecule has 1 aliphatic carbocycles. The minimum absolute atomic E-state index is 0.235. The third kappa shape index (κ3) is 4.04. The summed E-state index contributed by atoms with van der Waals surface area (Å²) in [5.74, 6) is 1.77. The van der Waals surface area contributed by atoms with Crippen molar-refractivity contribution in [3.63, 3.8) is 0 Å². The molecule has 0 bridgehead atoms. The summed E-state index contributed by atoms with van der Waals surface area (Å²) in [7, 11) is 0. The van der Waals surface area contributed by atoms with E-state index in [0.29, 0.717) is 6.04 Å². The molecule has 2 heteroatoms. The SMILES string of the molecule is CC(C)Oc1cccc(CCC(N)C2CC2)c1. The maximum absolute atomic E-state index is 6.11. The van der Waals surface area contributed by atoms with Gasteiger partial charge in [0.1, 0.15) is 5.75 Å². The van der Waals surface area contributed by atoms with E-state index in [1.165, 1.54) is 18.4 Å². The molecule has 1 atom stereocenters. The highest BCUT2D eigenvalue weighted by molar-refractivity contribution is 5.28. The van der Waals surface area contributed by atoms with E-state index in [1.54, 1.807) is 0 Å². The summed E-state index contributed by atoms with van der Waals surface area (Å²) in [6.45, 7) is 4.10. The Bertz CT molecular complexity index is 358. The number of aryl methyl sites for hydroxylation is 1. The van der Waals surface area contributed by atoms with Gasteiger partial charge in [0.15, 0.2) is 0 Å². The molecule has 0 aromatic heterocycles. The molecule has 17 heavy (non-hydrogen) atoms. The normalized spacial score (nSPS) is 17.2. The van der Waals surface area contributed by atoms with Gasteiger partial charge in [0.25, 0.3) is 0 Å². The van der Waals surface area contributed by atoms with E-state index in [0.717, 1.165) is 24.5 Å². The lowest BCUT2D eigenvalue weighted by molar-refractivity contribution is 0.242. The van der Waals surface area contributed by atoms with Gasteiger partial charge in [0.05, 0.1) is 6.10 Å². The first-order valence-electron chi connectivity index (χ1n) is 6.66. The van der Waals surface area contributed by atoms with E-state index >= 15 is 0 Å². The first-order valence-corrected chi connectivity index (χ1v) is 6.66. The summed E-state index contributed by atoms with van der Waals surface area (Å²) in [6.07, 6.45) is 5.05. The van der Waals surface area contributed by atoms with Gasteiger partial charge in [0.2, 0.25) is 0 Å². The number of nitrogens with two attached hydrogens (primary N) is 1. The topological polar surface area (TPSA) is 35.2 Å². The van der Waals surface area contributed by atoms with Gasteiger partial charge in [-0.3, -0.25) is 0 Å². The van der Waals surface area contributed by atoms with Crippen LogP contribution < -0.4 is 10.5 Å². The lowest BCUT2D eigenvalue weighted by Crippen LogP contribution is -2.22. The average Bonchev–Trinajstić information content (AvgIpc) is 3.09. The Labute approximate surface area is 104 Å². The van der Waals surface area contributed by atoms with Crippen LogP contribution in [0.4, 0.5) is 0 Å².